The van der Waals surface area contributed by atoms with Gasteiger partial charge in [-0.05, 0) is 88.2 Å². The van der Waals surface area contributed by atoms with Crippen LogP contribution in [0.1, 0.15) is 41.5 Å². The third-order valence-electron chi connectivity index (χ3n) is 9.39. The Morgan fingerprint density at radius 2 is 1.82 bits per heavy atom. The zero-order valence-electron chi connectivity index (χ0n) is 28.7. The number of rotatable bonds is 12. The normalized spacial score (nSPS) is 16.8. The van der Waals surface area contributed by atoms with Gasteiger partial charge in [-0.15, -0.1) is 0 Å². The topological polar surface area (TPSA) is 88.1 Å². The predicted molar refractivity (Wildman–Crippen MR) is 189 cm³/mol. The van der Waals surface area contributed by atoms with Crippen LogP contribution in [0.15, 0.2) is 78.1 Å². The van der Waals surface area contributed by atoms with Gasteiger partial charge < -0.3 is 19.3 Å². The monoisotopic (exact) mass is 731 g/mol. The first kappa shape index (κ1) is 37.2. The number of alkyl halides is 3. The van der Waals surface area contributed by atoms with Gasteiger partial charge in [0.05, 0.1) is 31.4 Å². The zero-order chi connectivity index (χ0) is 36.3. The molecule has 50 heavy (non-hydrogen) atoms. The van der Waals surface area contributed by atoms with Gasteiger partial charge in [0.2, 0.25) is 0 Å². The molecular weight excluding hydrogens is 691 g/mol. The number of sulfonamides is 1. The fourth-order valence-corrected chi connectivity index (χ4v) is 8.80. The summed E-state index contributed by atoms with van der Waals surface area (Å²) < 4.78 is 81.2. The Balaban J connectivity index is 1.45. The maximum atomic E-state index is 14.5. The quantitative estimate of drug-likeness (QED) is 0.149. The maximum Gasteiger partial charge on any atom is 0.416 e. The summed E-state index contributed by atoms with van der Waals surface area (Å²) in [5.41, 5.74) is 1.45. The third kappa shape index (κ3) is 7.95. The maximum absolute atomic E-state index is 14.5. The smallest absolute Gasteiger partial charge is 0.416 e. The number of anilines is 2. The van der Waals surface area contributed by atoms with E-state index in [1.807, 2.05) is 20.2 Å². The summed E-state index contributed by atoms with van der Waals surface area (Å²) in [6.07, 6.45) is 1.15. The minimum absolute atomic E-state index is 0.0468. The van der Waals surface area contributed by atoms with Gasteiger partial charge in [-0.3, -0.25) is 0 Å². The van der Waals surface area contributed by atoms with Crippen LogP contribution in [0, 0.1) is 6.92 Å². The molecule has 1 aliphatic rings. The first-order valence-electron chi connectivity index (χ1n) is 16.1. The van der Waals surface area contributed by atoms with Crippen molar-refractivity contribution < 1.29 is 31.1 Å². The van der Waals surface area contributed by atoms with E-state index in [2.05, 4.69) is 19.8 Å². The fourth-order valence-electron chi connectivity index (χ4n) is 6.60. The Morgan fingerprint density at radius 1 is 1.04 bits per heavy atom. The standard InChI is InChI=1S/C36H41ClF3N5O4S/c1-25-18-29(44-17-7-14-35(23-44,43(2)3)15-12-26-8-6-9-28(19-26)36(38,39)40)20-31(37)34(25)50(46,47)45(33-13-16-41-24-42-33)22-27-10-11-30(48-4)21-32(27)49-5/h6,8-11,13,16,18-21,24H,7,12,14-15,17,22-23H2,1-5H3/t35-/m0/s1. The van der Waals surface area contributed by atoms with Gasteiger partial charge in [-0.2, -0.15) is 13.2 Å². The van der Waals surface area contributed by atoms with Crippen LogP contribution in [0.3, 0.4) is 0 Å². The summed E-state index contributed by atoms with van der Waals surface area (Å²) in [7, 11) is 2.74. The molecule has 1 fully saturated rings. The third-order valence-corrected chi connectivity index (χ3v) is 11.8. The number of piperidine rings is 1. The summed E-state index contributed by atoms with van der Waals surface area (Å²) in [5.74, 6) is 1.16. The summed E-state index contributed by atoms with van der Waals surface area (Å²) in [6.45, 7) is 2.91. The number of aromatic nitrogens is 2. The molecule has 0 N–H and O–H groups in total. The largest absolute Gasteiger partial charge is 0.497 e. The lowest BCUT2D eigenvalue weighted by atomic mass is 9.82. The Morgan fingerprint density at radius 3 is 2.46 bits per heavy atom. The molecular formula is C36H41ClF3N5O4S. The second-order valence-electron chi connectivity index (χ2n) is 12.7. The minimum Gasteiger partial charge on any atom is -0.497 e. The van der Waals surface area contributed by atoms with Crippen LogP contribution in [-0.2, 0) is 29.2 Å². The highest BCUT2D eigenvalue weighted by Crippen LogP contribution is 2.39. The van der Waals surface area contributed by atoms with Gasteiger partial charge in [0, 0.05) is 48.2 Å². The molecule has 0 bridgehead atoms. The molecule has 14 heteroatoms. The van der Waals surface area contributed by atoms with E-state index in [9.17, 15) is 21.6 Å². The average molecular weight is 732 g/mol. The summed E-state index contributed by atoms with van der Waals surface area (Å²) in [4.78, 5) is 12.5. The number of hydrogen-bond donors (Lipinski definition) is 0. The van der Waals surface area contributed by atoms with Crippen LogP contribution in [0.4, 0.5) is 24.7 Å². The number of halogens is 4. The highest BCUT2D eigenvalue weighted by molar-refractivity contribution is 7.93. The summed E-state index contributed by atoms with van der Waals surface area (Å²) in [5, 5.41) is 0.0609. The molecule has 3 aromatic carbocycles. The molecule has 1 saturated heterocycles. The summed E-state index contributed by atoms with van der Waals surface area (Å²) in [6, 6.07) is 15.6. The van der Waals surface area contributed by atoms with Crippen molar-refractivity contribution >= 4 is 33.1 Å². The Bertz CT molecular complexity index is 1890. The SMILES string of the molecule is COc1ccc(CN(c2ccncn2)S(=O)(=O)c2c(C)cc(N3CCC[C@@](CCc4cccc(C(F)(F)F)c4)(N(C)C)C3)cc2Cl)c(OC)c1. The van der Waals surface area contributed by atoms with E-state index in [4.69, 9.17) is 21.1 Å². The van der Waals surface area contributed by atoms with E-state index in [1.54, 1.807) is 37.3 Å². The molecule has 0 radical (unpaired) electrons. The van der Waals surface area contributed by atoms with Crippen LogP contribution in [0.5, 0.6) is 11.5 Å². The fraction of sp³-hybridized carbons (Fsp3) is 0.389. The molecule has 0 amide bonds. The van der Waals surface area contributed by atoms with E-state index in [0.29, 0.717) is 54.1 Å². The van der Waals surface area contributed by atoms with E-state index < -0.39 is 21.8 Å². The lowest BCUT2D eigenvalue weighted by Crippen LogP contribution is -2.56. The molecule has 0 spiro atoms. The van der Waals surface area contributed by atoms with Gasteiger partial charge in [0.25, 0.3) is 10.0 Å². The van der Waals surface area contributed by atoms with Crippen LogP contribution < -0.4 is 18.7 Å². The first-order valence-corrected chi connectivity index (χ1v) is 17.9. The number of ether oxygens (including phenoxy) is 2. The Kier molecular flexibility index (Phi) is 11.2. The molecule has 268 valence electrons. The zero-order valence-corrected chi connectivity index (χ0v) is 30.2. The van der Waals surface area contributed by atoms with Crippen molar-refractivity contribution in [3.63, 3.8) is 0 Å². The molecule has 2 heterocycles. The highest BCUT2D eigenvalue weighted by atomic mass is 35.5. The van der Waals surface area contributed by atoms with Crippen molar-refractivity contribution in [1.82, 2.24) is 14.9 Å². The van der Waals surface area contributed by atoms with E-state index in [0.717, 1.165) is 24.6 Å². The molecule has 1 atom stereocenters. The van der Waals surface area contributed by atoms with Crippen molar-refractivity contribution in [3.8, 4) is 11.5 Å². The van der Waals surface area contributed by atoms with Crippen molar-refractivity contribution in [3.05, 3.63) is 100 Å². The summed E-state index contributed by atoms with van der Waals surface area (Å²) >= 11 is 6.89. The van der Waals surface area contributed by atoms with Gasteiger partial charge in [-0.25, -0.2) is 22.7 Å². The van der Waals surface area contributed by atoms with Gasteiger partial charge in [-0.1, -0.05) is 29.8 Å². The van der Waals surface area contributed by atoms with Crippen molar-refractivity contribution in [2.45, 2.75) is 55.8 Å². The molecule has 1 aliphatic heterocycles. The van der Waals surface area contributed by atoms with Crippen LogP contribution in [-0.4, -0.2) is 70.2 Å². The van der Waals surface area contributed by atoms with Crippen molar-refractivity contribution in [2.75, 3.05) is 50.6 Å². The Hall–Kier alpha value is -4.07. The second-order valence-corrected chi connectivity index (χ2v) is 14.9. The molecule has 0 unspecified atom stereocenters. The lowest BCUT2D eigenvalue weighted by Gasteiger charge is -2.48. The molecule has 1 aromatic heterocycles. The van der Waals surface area contributed by atoms with Crippen LogP contribution in [0.2, 0.25) is 5.02 Å². The Labute approximate surface area is 296 Å². The van der Waals surface area contributed by atoms with Gasteiger partial charge >= 0.3 is 6.18 Å². The number of benzene rings is 3. The number of nitrogens with zero attached hydrogens (tertiary/aromatic N) is 5. The number of methoxy groups -OCH3 is 2. The van der Waals surface area contributed by atoms with Crippen molar-refractivity contribution in [1.29, 1.82) is 0 Å². The van der Waals surface area contributed by atoms with Gasteiger partial charge in [0.1, 0.15) is 28.5 Å². The van der Waals surface area contributed by atoms with E-state index >= 15 is 0 Å². The molecule has 4 aromatic rings. The van der Waals surface area contributed by atoms with E-state index in [-0.39, 0.29) is 27.8 Å². The number of aryl methyl sites for hydroxylation is 2. The number of hydrogen-bond acceptors (Lipinski definition) is 8. The number of likely N-dealkylation sites (N-methyl/N-ethyl adjacent to an activating group) is 1. The second kappa shape index (κ2) is 15.0. The molecule has 9 nitrogen and oxygen atoms in total. The molecule has 5 rings (SSSR count). The van der Waals surface area contributed by atoms with E-state index in [1.165, 1.54) is 49.2 Å². The average Bonchev–Trinajstić information content (AvgIpc) is 3.09. The molecule has 0 saturated carbocycles. The van der Waals surface area contributed by atoms with Crippen molar-refractivity contribution in [2.24, 2.45) is 0 Å². The molecule has 0 aliphatic carbocycles. The van der Waals surface area contributed by atoms with Crippen LogP contribution >= 0.6 is 11.6 Å². The predicted octanol–water partition coefficient (Wildman–Crippen LogP) is 7.40. The first-order chi connectivity index (χ1) is 23.7. The van der Waals surface area contributed by atoms with Crippen LogP contribution in [0.25, 0.3) is 0 Å². The minimum atomic E-state index is -4.40. The lowest BCUT2D eigenvalue weighted by molar-refractivity contribution is -0.137. The van der Waals surface area contributed by atoms with Gasteiger partial charge in [0.15, 0.2) is 0 Å². The highest BCUT2D eigenvalue weighted by Gasteiger charge is 2.39.